The second-order valence-corrected chi connectivity index (χ2v) is 7.27. The number of methoxy groups -OCH3 is 1. The van der Waals surface area contributed by atoms with Crippen molar-refractivity contribution in [1.82, 2.24) is 4.72 Å². The Labute approximate surface area is 146 Å². The van der Waals surface area contributed by atoms with Crippen LogP contribution in [0.15, 0.2) is 47.4 Å². The molecule has 2 aromatic carbocycles. The van der Waals surface area contributed by atoms with E-state index in [1.165, 1.54) is 12.1 Å². The molecule has 1 atom stereocenters. The quantitative estimate of drug-likeness (QED) is 0.600. The second kappa shape index (κ2) is 7.62. The van der Waals surface area contributed by atoms with E-state index in [0.29, 0.717) is 17.7 Å². The molecule has 0 heterocycles. The van der Waals surface area contributed by atoms with Crippen LogP contribution in [0.4, 0.5) is 5.69 Å². The lowest BCUT2D eigenvalue weighted by Crippen LogP contribution is -2.28. The zero-order valence-corrected chi connectivity index (χ0v) is 15.0. The summed E-state index contributed by atoms with van der Waals surface area (Å²) < 4.78 is 33.0. The van der Waals surface area contributed by atoms with Gasteiger partial charge in [0.25, 0.3) is 5.69 Å². The number of nitro groups is 1. The highest BCUT2D eigenvalue weighted by Crippen LogP contribution is 2.25. The normalized spacial score (nSPS) is 12.6. The number of nitrogens with zero attached hydrogens (tertiary/aromatic N) is 1. The molecule has 0 unspecified atom stereocenters. The third-order valence-corrected chi connectivity index (χ3v) is 5.38. The first kappa shape index (κ1) is 18.9. The first-order valence-electron chi connectivity index (χ1n) is 7.69. The molecule has 0 radical (unpaired) electrons. The number of sulfonamides is 1. The highest BCUT2D eigenvalue weighted by atomic mass is 32.2. The van der Waals surface area contributed by atoms with Gasteiger partial charge in [-0.15, -0.1) is 0 Å². The van der Waals surface area contributed by atoms with Crippen molar-refractivity contribution in [2.45, 2.75) is 31.2 Å². The number of nitrogens with one attached hydrogen (secondary N) is 1. The smallest absolute Gasteiger partial charge is 0.273 e. The summed E-state index contributed by atoms with van der Waals surface area (Å²) in [5, 5.41) is 11.0. The number of aryl methyl sites for hydroxylation is 1. The van der Waals surface area contributed by atoms with Crippen molar-refractivity contribution in [3.8, 4) is 5.75 Å². The molecular weight excluding hydrogens is 344 g/mol. The summed E-state index contributed by atoms with van der Waals surface area (Å²) in [5.41, 5.74) is 0.972. The number of rotatable bonds is 7. The number of hydrogen-bond donors (Lipinski definition) is 1. The summed E-state index contributed by atoms with van der Waals surface area (Å²) in [6.45, 7) is 3.42. The molecule has 0 bridgehead atoms. The maximum Gasteiger partial charge on any atom is 0.273 e. The van der Waals surface area contributed by atoms with Gasteiger partial charge in [0.1, 0.15) is 5.75 Å². The van der Waals surface area contributed by atoms with Gasteiger partial charge < -0.3 is 4.74 Å². The Morgan fingerprint density at radius 3 is 2.36 bits per heavy atom. The molecule has 0 aliphatic carbocycles. The summed E-state index contributed by atoms with van der Waals surface area (Å²) in [5.74, 6) is 0.676. The van der Waals surface area contributed by atoms with Crippen LogP contribution >= 0.6 is 0 Å². The Hall–Kier alpha value is -2.45. The van der Waals surface area contributed by atoms with Gasteiger partial charge in [0.2, 0.25) is 10.0 Å². The van der Waals surface area contributed by atoms with Gasteiger partial charge in [-0.3, -0.25) is 10.1 Å². The van der Waals surface area contributed by atoms with Crippen LogP contribution < -0.4 is 9.46 Å². The zero-order chi connectivity index (χ0) is 18.6. The lowest BCUT2D eigenvalue weighted by Gasteiger charge is -2.18. The standard InChI is InChI=1S/C17H20N2O5S/c1-4-16(13-6-8-14(24-3)9-7-13)18-25(22,23)15-10-5-12(2)17(11-15)19(20)21/h5-11,16,18H,4H2,1-3H3/t16-/m1/s1. The Morgan fingerprint density at radius 2 is 1.84 bits per heavy atom. The predicted octanol–water partition coefficient (Wildman–Crippen LogP) is 3.34. The third kappa shape index (κ3) is 4.34. The van der Waals surface area contributed by atoms with Gasteiger partial charge in [0.05, 0.1) is 16.9 Å². The number of hydrogen-bond acceptors (Lipinski definition) is 5. The van der Waals surface area contributed by atoms with Gasteiger partial charge >= 0.3 is 0 Å². The molecule has 0 spiro atoms. The zero-order valence-electron chi connectivity index (χ0n) is 14.2. The van der Waals surface area contributed by atoms with Crippen molar-refractivity contribution in [2.24, 2.45) is 0 Å². The number of nitro benzene ring substituents is 1. The average molecular weight is 364 g/mol. The molecule has 2 rings (SSSR count). The van der Waals surface area contributed by atoms with Crippen molar-refractivity contribution < 1.29 is 18.1 Å². The van der Waals surface area contributed by atoms with Crippen LogP contribution in [0.2, 0.25) is 0 Å². The maximum absolute atomic E-state index is 12.6. The molecule has 0 saturated heterocycles. The van der Waals surface area contributed by atoms with Crippen LogP contribution in [0.1, 0.15) is 30.5 Å². The fraction of sp³-hybridized carbons (Fsp3) is 0.294. The van der Waals surface area contributed by atoms with Crippen molar-refractivity contribution in [1.29, 1.82) is 0 Å². The molecule has 0 aliphatic heterocycles. The number of ether oxygens (including phenoxy) is 1. The molecule has 0 fully saturated rings. The monoisotopic (exact) mass is 364 g/mol. The van der Waals surface area contributed by atoms with Crippen LogP contribution in [0.25, 0.3) is 0 Å². The van der Waals surface area contributed by atoms with E-state index in [2.05, 4.69) is 4.72 Å². The van der Waals surface area contributed by atoms with Crippen LogP contribution in [0.3, 0.4) is 0 Å². The van der Waals surface area contributed by atoms with Gasteiger partial charge in [0, 0.05) is 17.7 Å². The van der Waals surface area contributed by atoms with Gasteiger partial charge in [-0.25, -0.2) is 13.1 Å². The van der Waals surface area contributed by atoms with E-state index >= 15 is 0 Å². The first-order chi connectivity index (χ1) is 11.8. The van der Waals surface area contributed by atoms with E-state index in [1.54, 1.807) is 38.3 Å². The molecule has 0 saturated carbocycles. The third-order valence-electron chi connectivity index (χ3n) is 3.91. The van der Waals surface area contributed by atoms with Gasteiger partial charge in [-0.2, -0.15) is 0 Å². The van der Waals surface area contributed by atoms with E-state index in [9.17, 15) is 18.5 Å². The van der Waals surface area contributed by atoms with E-state index < -0.39 is 21.0 Å². The van der Waals surface area contributed by atoms with Crippen LogP contribution in [0.5, 0.6) is 5.75 Å². The van der Waals surface area contributed by atoms with Crippen LogP contribution in [-0.2, 0) is 10.0 Å². The van der Waals surface area contributed by atoms with E-state index in [0.717, 1.165) is 11.6 Å². The fourth-order valence-electron chi connectivity index (χ4n) is 2.43. The lowest BCUT2D eigenvalue weighted by atomic mass is 10.1. The molecule has 0 aliphatic rings. The molecule has 7 nitrogen and oxygen atoms in total. The highest BCUT2D eigenvalue weighted by Gasteiger charge is 2.23. The summed E-state index contributed by atoms with van der Waals surface area (Å²) in [6, 6.07) is 10.5. The fourth-order valence-corrected chi connectivity index (χ4v) is 3.76. The van der Waals surface area contributed by atoms with Gasteiger partial charge in [-0.05, 0) is 37.1 Å². The largest absolute Gasteiger partial charge is 0.497 e. The van der Waals surface area contributed by atoms with E-state index in [4.69, 9.17) is 4.74 Å². The average Bonchev–Trinajstić information content (AvgIpc) is 2.59. The van der Waals surface area contributed by atoms with Crippen LogP contribution in [-0.4, -0.2) is 20.5 Å². The summed E-state index contributed by atoms with van der Waals surface area (Å²) in [4.78, 5) is 10.3. The van der Waals surface area contributed by atoms with Crippen molar-refractivity contribution in [2.75, 3.05) is 7.11 Å². The first-order valence-corrected chi connectivity index (χ1v) is 9.18. The Kier molecular flexibility index (Phi) is 5.76. The van der Waals surface area contributed by atoms with E-state index in [-0.39, 0.29) is 10.6 Å². The predicted molar refractivity (Wildman–Crippen MR) is 94.2 cm³/mol. The second-order valence-electron chi connectivity index (χ2n) is 5.56. The summed E-state index contributed by atoms with van der Waals surface area (Å²) >= 11 is 0. The SMILES string of the molecule is CC[C@@H](NS(=O)(=O)c1ccc(C)c([N+](=O)[O-])c1)c1ccc(OC)cc1. The Bertz CT molecular complexity index is 863. The van der Waals surface area contributed by atoms with Crippen molar-refractivity contribution in [3.05, 3.63) is 63.7 Å². The minimum atomic E-state index is -3.89. The van der Waals surface area contributed by atoms with Crippen LogP contribution in [0, 0.1) is 17.0 Å². The summed E-state index contributed by atoms with van der Waals surface area (Å²) in [7, 11) is -2.34. The van der Waals surface area contributed by atoms with Crippen molar-refractivity contribution in [3.63, 3.8) is 0 Å². The molecule has 1 N–H and O–H groups in total. The molecule has 8 heteroatoms. The Balaban J connectivity index is 2.32. The molecule has 134 valence electrons. The molecular formula is C17H20N2O5S. The Morgan fingerprint density at radius 1 is 1.20 bits per heavy atom. The van der Waals surface area contributed by atoms with E-state index in [1.807, 2.05) is 6.92 Å². The maximum atomic E-state index is 12.6. The molecule has 0 aromatic heterocycles. The van der Waals surface area contributed by atoms with Crippen molar-refractivity contribution >= 4 is 15.7 Å². The molecule has 2 aromatic rings. The summed E-state index contributed by atoms with van der Waals surface area (Å²) in [6.07, 6.45) is 0.527. The van der Waals surface area contributed by atoms with Gasteiger partial charge in [-0.1, -0.05) is 25.1 Å². The highest BCUT2D eigenvalue weighted by molar-refractivity contribution is 7.89. The minimum Gasteiger partial charge on any atom is -0.497 e. The molecule has 0 amide bonds. The number of benzene rings is 2. The topological polar surface area (TPSA) is 98.5 Å². The minimum absolute atomic E-state index is 0.128. The molecule has 25 heavy (non-hydrogen) atoms. The van der Waals surface area contributed by atoms with Gasteiger partial charge in [0.15, 0.2) is 0 Å². The lowest BCUT2D eigenvalue weighted by molar-refractivity contribution is -0.385.